The Morgan fingerprint density at radius 3 is 0.860 bits per heavy atom. The van der Waals surface area contributed by atoms with Crippen molar-refractivity contribution < 1.29 is 10.2 Å². The molecule has 8 aliphatic rings. The van der Waals surface area contributed by atoms with Gasteiger partial charge in [0.05, 0.1) is 11.4 Å². The molecule has 0 amide bonds. The number of hydrogen-bond acceptors (Lipinski definition) is 3. The van der Waals surface area contributed by atoms with E-state index in [1.54, 1.807) is 0 Å². The second kappa shape index (κ2) is 20.8. The highest BCUT2D eigenvalue weighted by Gasteiger charge is 2.57. The van der Waals surface area contributed by atoms with E-state index >= 15 is 0 Å². The second-order valence-corrected chi connectivity index (χ2v) is 39.7. The van der Waals surface area contributed by atoms with Gasteiger partial charge in [-0.2, -0.15) is 0 Å². The zero-order chi connectivity index (χ0) is 58.8. The molecule has 8 aromatic carbocycles. The van der Waals surface area contributed by atoms with Crippen molar-refractivity contribution in [2.75, 3.05) is 0 Å². The lowest BCUT2D eigenvalue weighted by Gasteiger charge is -2.57. The average molecular weight is 1160 g/mol. The van der Waals surface area contributed by atoms with E-state index in [0.29, 0.717) is 47.0 Å². The third-order valence-electron chi connectivity index (χ3n) is 23.1. The molecule has 1 aromatic heterocycles. The molecular weight excluding hydrogens is 1080 g/mol. The van der Waals surface area contributed by atoms with Gasteiger partial charge in [-0.25, -0.2) is 4.98 Å². The Hall–Kier alpha value is -7.06. The van der Waals surface area contributed by atoms with Crippen LogP contribution in [0.1, 0.15) is 130 Å². The molecule has 0 atom stereocenters. The molecule has 434 valence electrons. The predicted molar refractivity (Wildman–Crippen MR) is 364 cm³/mol. The summed E-state index contributed by atoms with van der Waals surface area (Å²) in [6.45, 7) is 14.8. The van der Waals surface area contributed by atoms with Crippen molar-refractivity contribution in [3.8, 4) is 56.3 Å². The van der Waals surface area contributed by atoms with Crippen LogP contribution in [0.25, 0.3) is 44.8 Å². The van der Waals surface area contributed by atoms with Gasteiger partial charge >= 0.3 is 0 Å². The summed E-state index contributed by atoms with van der Waals surface area (Å²) in [6.07, 6.45) is 14.9. The number of phenolic OH excluding ortho intramolecular Hbond substituents is 2. The zero-order valence-electron chi connectivity index (χ0n) is 51.5. The number of aromatic nitrogens is 1. The second-order valence-electron chi connectivity index (χ2n) is 30.2. The summed E-state index contributed by atoms with van der Waals surface area (Å²) in [5.74, 6) is 5.19. The molecule has 8 aliphatic carbocycles. The van der Waals surface area contributed by atoms with Crippen molar-refractivity contribution in [1.29, 1.82) is 0 Å². The van der Waals surface area contributed by atoms with Gasteiger partial charge < -0.3 is 10.2 Å². The third kappa shape index (κ3) is 8.77. The van der Waals surface area contributed by atoms with E-state index in [1.165, 1.54) is 80.8 Å². The topological polar surface area (TPSA) is 53.4 Å². The van der Waals surface area contributed by atoms with Gasteiger partial charge in [0, 0.05) is 33.4 Å². The Kier molecular flexibility index (Phi) is 13.4. The quantitative estimate of drug-likeness (QED) is 0.0947. The molecule has 8 bridgehead atoms. The summed E-state index contributed by atoms with van der Waals surface area (Å²) >= 11 is 0. The van der Waals surface area contributed by atoms with Crippen LogP contribution in [0.3, 0.4) is 0 Å². The van der Waals surface area contributed by atoms with Crippen molar-refractivity contribution >= 4 is 47.3 Å². The number of aromatic hydroxyl groups is 2. The summed E-state index contributed by atoms with van der Waals surface area (Å²) in [6, 6.07) is 79.6. The Morgan fingerprint density at radius 1 is 0.314 bits per heavy atom. The van der Waals surface area contributed by atoms with E-state index in [0.717, 1.165) is 83.3 Å². The van der Waals surface area contributed by atoms with Crippen LogP contribution in [-0.4, -0.2) is 31.3 Å². The minimum Gasteiger partial charge on any atom is -0.507 e. The predicted octanol–water partition coefficient (Wildman–Crippen LogP) is 16.6. The Morgan fingerprint density at radius 2 is 0.581 bits per heavy atom. The third-order valence-corrected chi connectivity index (χ3v) is 34.7. The molecule has 5 heteroatoms. The van der Waals surface area contributed by atoms with Gasteiger partial charge in [0.2, 0.25) is 0 Å². The standard InChI is InChI=1S/C81H85NO2Si2/c1-78(2,3)85(60-24-11-7-12-25-60,61-26-13-8-14-27-61)64-44-70(76(83)72(46-64)80-48-54-38-55(49-80)40-56(39-54)50-80)66-32-19-21-34-68(66)74-36-23-37-75(82-74)69-35-22-20-33-67(69)71-45-65(47-73(77(71)84)81-51-57-41-58(52-81)43-59(42-57)53-81)86(79(4,5)6,62-28-15-9-16-29-62)63-30-17-10-18-31-63/h7-37,44-47,54-59,83-84H,38-43,48-53H2,1-6H3. The maximum Gasteiger partial charge on any atom is 0.153 e. The SMILES string of the molecule is CC(C)(C)[Si](c1ccccc1)(c1ccccc1)c1cc(-c2ccccc2-c2cccc(-c3ccccc3-c3cc([Si](c4ccccc4)(c4ccccc4)C(C)(C)C)cc(C45CC6CC(CC(C6)C4)C5)c3O)n2)c(O)c(C23CC4CC(CC(C4)C2)C3)c1. The first-order chi connectivity index (χ1) is 41.6. The first kappa shape index (κ1) is 55.5. The molecule has 0 unspecified atom stereocenters. The lowest BCUT2D eigenvalue weighted by atomic mass is 9.48. The van der Waals surface area contributed by atoms with Gasteiger partial charge in [-0.3, -0.25) is 0 Å². The molecule has 2 N–H and O–H groups in total. The number of nitrogens with zero attached hydrogens (tertiary/aromatic N) is 1. The number of pyridine rings is 1. The highest BCUT2D eigenvalue weighted by molar-refractivity contribution is 7.14. The highest BCUT2D eigenvalue weighted by Crippen LogP contribution is 2.64. The molecule has 0 saturated heterocycles. The molecule has 0 aliphatic heterocycles. The van der Waals surface area contributed by atoms with Crippen molar-refractivity contribution in [1.82, 2.24) is 4.98 Å². The largest absolute Gasteiger partial charge is 0.507 e. The Balaban J connectivity index is 0.930. The molecule has 9 aromatic rings. The Labute approximate surface area is 514 Å². The number of rotatable bonds is 12. The molecule has 86 heavy (non-hydrogen) atoms. The van der Waals surface area contributed by atoms with E-state index in [-0.39, 0.29) is 20.9 Å². The molecule has 17 rings (SSSR count). The van der Waals surface area contributed by atoms with Crippen molar-refractivity contribution in [2.24, 2.45) is 35.5 Å². The lowest BCUT2D eigenvalue weighted by molar-refractivity contribution is -0.00621. The fourth-order valence-corrected chi connectivity index (χ4v) is 32.2. The maximum absolute atomic E-state index is 13.6. The van der Waals surface area contributed by atoms with Crippen molar-refractivity contribution in [3.63, 3.8) is 0 Å². The monoisotopic (exact) mass is 1160 g/mol. The van der Waals surface area contributed by atoms with E-state index in [2.05, 4.69) is 254 Å². The van der Waals surface area contributed by atoms with E-state index in [9.17, 15) is 10.2 Å². The molecular formula is C81H85NO2Si2. The van der Waals surface area contributed by atoms with Crippen LogP contribution >= 0.6 is 0 Å². The van der Waals surface area contributed by atoms with Crippen LogP contribution in [0.4, 0.5) is 0 Å². The normalized spacial score (nSPS) is 25.0. The van der Waals surface area contributed by atoms with Crippen LogP contribution in [0.2, 0.25) is 10.1 Å². The summed E-state index contributed by atoms with van der Waals surface area (Å²) in [7, 11) is -5.77. The smallest absolute Gasteiger partial charge is 0.153 e. The number of benzene rings is 8. The number of hydrogen-bond donors (Lipinski definition) is 2. The highest BCUT2D eigenvalue weighted by atomic mass is 28.3. The van der Waals surface area contributed by atoms with E-state index in [4.69, 9.17) is 4.98 Å². The molecule has 8 saturated carbocycles. The molecule has 3 nitrogen and oxygen atoms in total. The molecule has 1 heterocycles. The van der Waals surface area contributed by atoms with Crippen LogP contribution < -0.4 is 31.1 Å². The van der Waals surface area contributed by atoms with Crippen molar-refractivity contribution in [3.05, 3.63) is 223 Å². The summed E-state index contributed by atoms with van der Waals surface area (Å²) in [5.41, 5.74) is 9.76. The minimum atomic E-state index is -2.89. The van der Waals surface area contributed by atoms with Gasteiger partial charge in [0.1, 0.15) is 11.5 Å². The van der Waals surface area contributed by atoms with Crippen LogP contribution in [0.15, 0.2) is 212 Å². The Bertz CT molecular complexity index is 3600. The van der Waals surface area contributed by atoms with Crippen molar-refractivity contribution in [2.45, 2.75) is 139 Å². The summed E-state index contributed by atoms with van der Waals surface area (Å²) < 4.78 is 0. The summed E-state index contributed by atoms with van der Waals surface area (Å²) in [5, 5.41) is 35.1. The fourth-order valence-electron chi connectivity index (χ4n) is 20.8. The molecule has 8 fully saturated rings. The lowest BCUT2D eigenvalue weighted by Crippen LogP contribution is -2.72. The minimum absolute atomic E-state index is 0.0680. The average Bonchev–Trinajstić information content (AvgIpc) is 0.748. The van der Waals surface area contributed by atoms with Gasteiger partial charge in [-0.05, 0) is 188 Å². The summed E-state index contributed by atoms with van der Waals surface area (Å²) in [4.78, 5) is 5.76. The van der Waals surface area contributed by atoms with Gasteiger partial charge in [0.25, 0.3) is 0 Å². The van der Waals surface area contributed by atoms with Crippen LogP contribution in [-0.2, 0) is 10.8 Å². The fraction of sp³-hybridized carbons (Fsp3) is 0.346. The maximum atomic E-state index is 13.6. The first-order valence-corrected chi connectivity index (χ1v) is 36.7. The molecule has 0 spiro atoms. The van der Waals surface area contributed by atoms with Crippen LogP contribution in [0, 0.1) is 35.5 Å². The zero-order valence-corrected chi connectivity index (χ0v) is 53.5. The van der Waals surface area contributed by atoms with Crippen LogP contribution in [0.5, 0.6) is 11.5 Å². The van der Waals surface area contributed by atoms with Gasteiger partial charge in [0.15, 0.2) is 16.1 Å². The van der Waals surface area contributed by atoms with Gasteiger partial charge in [-0.1, -0.05) is 242 Å². The van der Waals surface area contributed by atoms with E-state index in [1.807, 2.05) is 0 Å². The molecule has 0 radical (unpaired) electrons. The van der Waals surface area contributed by atoms with E-state index < -0.39 is 16.1 Å². The number of phenols is 2. The van der Waals surface area contributed by atoms with Gasteiger partial charge in [-0.15, -0.1) is 0 Å². The first-order valence-electron chi connectivity index (χ1n) is 32.7.